The highest BCUT2D eigenvalue weighted by Gasteiger charge is 2.36. The molecule has 1 aromatic rings. The van der Waals surface area contributed by atoms with Gasteiger partial charge in [-0.05, 0) is 18.9 Å². The molecule has 20 heavy (non-hydrogen) atoms. The number of hydrogen-bond acceptors (Lipinski definition) is 7. The van der Waals surface area contributed by atoms with Gasteiger partial charge in [0.15, 0.2) is 16.8 Å². The van der Waals surface area contributed by atoms with Crippen LogP contribution in [0.5, 0.6) is 0 Å². The van der Waals surface area contributed by atoms with E-state index in [1.54, 1.807) is 19.2 Å². The molecule has 0 saturated carbocycles. The Labute approximate surface area is 121 Å². The molecule has 0 saturated heterocycles. The van der Waals surface area contributed by atoms with Crippen LogP contribution < -0.4 is 0 Å². The van der Waals surface area contributed by atoms with Crippen molar-refractivity contribution < 1.29 is 23.0 Å². The Bertz CT molecular complexity index is 432. The summed E-state index contributed by atoms with van der Waals surface area (Å²) in [5.74, 6) is 0. The van der Waals surface area contributed by atoms with Crippen molar-refractivity contribution in [2.45, 2.75) is 25.4 Å². The summed E-state index contributed by atoms with van der Waals surface area (Å²) in [6.45, 7) is 4.54. The Morgan fingerprint density at radius 3 is 2.40 bits per heavy atom. The molecular weight excluding hydrogens is 321 g/mol. The predicted octanol–water partition coefficient (Wildman–Crippen LogP) is 2.89. The molecule has 0 aliphatic heterocycles. The maximum Gasteiger partial charge on any atom is 0.343 e. The van der Waals surface area contributed by atoms with E-state index in [1.165, 1.54) is 19.7 Å². The minimum absolute atomic E-state index is 0.452. The summed E-state index contributed by atoms with van der Waals surface area (Å²) in [5.41, 5.74) is 0.371. The molecule has 0 aliphatic carbocycles. The van der Waals surface area contributed by atoms with Gasteiger partial charge in [0.05, 0.1) is 5.66 Å². The van der Waals surface area contributed by atoms with Crippen LogP contribution in [0.25, 0.3) is 0 Å². The van der Waals surface area contributed by atoms with E-state index < -0.39 is 30.0 Å². The third kappa shape index (κ3) is 6.19. The van der Waals surface area contributed by atoms with Crippen LogP contribution in [0.2, 0.25) is 0 Å². The van der Waals surface area contributed by atoms with Gasteiger partial charge in [0.2, 0.25) is 0 Å². The van der Waals surface area contributed by atoms with E-state index >= 15 is 0 Å². The van der Waals surface area contributed by atoms with Gasteiger partial charge in [-0.2, -0.15) is 0 Å². The van der Waals surface area contributed by atoms with Gasteiger partial charge in [-0.25, -0.2) is 9.97 Å². The highest BCUT2D eigenvalue weighted by molar-refractivity contribution is 7.69. The van der Waals surface area contributed by atoms with Crippen molar-refractivity contribution in [1.29, 1.82) is 0 Å². The second-order valence-electron chi connectivity index (χ2n) is 4.22. The average molecular weight is 340 g/mol. The Hall–Kier alpha value is 0.01000. The zero-order chi connectivity index (χ0) is 15.2. The van der Waals surface area contributed by atoms with Crippen molar-refractivity contribution in [3.8, 4) is 0 Å². The van der Waals surface area contributed by atoms with Crippen molar-refractivity contribution in [2.24, 2.45) is 0 Å². The maximum atomic E-state index is 12.6. The molecule has 10 heteroatoms. The molecule has 0 amide bonds. The van der Waals surface area contributed by atoms with Crippen LogP contribution in [0.1, 0.15) is 19.0 Å². The standard InChI is InChI=1S/C10H19N2O5P3/c1-9(4-5-10-6-7-11-8-12-10)20(15,16-18(2)13)17-19(3)14/h6-9,13-14H,4-5H2,1-3H3. The minimum atomic E-state index is -3.55. The van der Waals surface area contributed by atoms with Crippen LogP contribution in [-0.2, 0) is 19.6 Å². The van der Waals surface area contributed by atoms with Crippen LogP contribution in [0.15, 0.2) is 18.6 Å². The van der Waals surface area contributed by atoms with E-state index in [4.69, 9.17) is 8.62 Å². The average Bonchev–Trinajstić information content (AvgIpc) is 2.35. The molecule has 0 aromatic carbocycles. The molecule has 0 radical (unpaired) electrons. The third-order valence-corrected chi connectivity index (χ3v) is 7.51. The van der Waals surface area contributed by atoms with Crippen molar-refractivity contribution in [3.63, 3.8) is 0 Å². The Morgan fingerprint density at radius 1 is 1.35 bits per heavy atom. The van der Waals surface area contributed by atoms with Crippen LogP contribution in [0.3, 0.4) is 0 Å². The lowest BCUT2D eigenvalue weighted by Crippen LogP contribution is -2.08. The first kappa shape index (κ1) is 18.1. The second-order valence-corrected chi connectivity index (χ2v) is 9.34. The summed E-state index contributed by atoms with van der Waals surface area (Å²) >= 11 is 0. The summed E-state index contributed by atoms with van der Waals surface area (Å²) < 4.78 is 22.7. The number of hydrogen-bond donors (Lipinski definition) is 2. The SMILES string of the molecule is CC(CCc1ccncn1)P(=O)(OP(C)O)OP(C)O. The Balaban J connectivity index is 2.68. The van der Waals surface area contributed by atoms with Crippen LogP contribution >= 0.6 is 24.3 Å². The molecular formula is C10H19N2O5P3. The highest BCUT2D eigenvalue weighted by Crippen LogP contribution is 2.66. The highest BCUT2D eigenvalue weighted by atomic mass is 31.3. The molecule has 7 nitrogen and oxygen atoms in total. The predicted molar refractivity (Wildman–Crippen MR) is 79.7 cm³/mol. The molecule has 0 bridgehead atoms. The van der Waals surface area contributed by atoms with Gasteiger partial charge in [0.1, 0.15) is 6.33 Å². The molecule has 1 heterocycles. The lowest BCUT2D eigenvalue weighted by molar-refractivity contribution is 0.364. The Morgan fingerprint density at radius 2 is 1.95 bits per heavy atom. The van der Waals surface area contributed by atoms with Crippen LogP contribution in [-0.4, -0.2) is 38.7 Å². The topological polar surface area (TPSA) is 102 Å². The van der Waals surface area contributed by atoms with E-state index in [-0.39, 0.29) is 0 Å². The molecule has 3 atom stereocenters. The zero-order valence-corrected chi connectivity index (χ0v) is 14.3. The number of rotatable bonds is 8. The second kappa shape index (κ2) is 8.45. The van der Waals surface area contributed by atoms with E-state index in [0.29, 0.717) is 12.8 Å². The van der Waals surface area contributed by atoms with Crippen molar-refractivity contribution in [3.05, 3.63) is 24.3 Å². The van der Waals surface area contributed by atoms with E-state index in [2.05, 4.69) is 9.97 Å². The third-order valence-electron chi connectivity index (χ3n) is 2.47. The summed E-state index contributed by atoms with van der Waals surface area (Å²) in [7, 11) is -7.21. The van der Waals surface area contributed by atoms with Crippen molar-refractivity contribution >= 4 is 24.3 Å². The fraction of sp³-hybridized carbons (Fsp3) is 0.600. The van der Waals surface area contributed by atoms with Gasteiger partial charge in [0, 0.05) is 25.2 Å². The lowest BCUT2D eigenvalue weighted by atomic mass is 10.2. The van der Waals surface area contributed by atoms with Gasteiger partial charge in [-0.15, -0.1) is 0 Å². The number of aryl methyl sites for hydroxylation is 1. The quantitative estimate of drug-likeness (QED) is 0.702. The summed E-state index contributed by atoms with van der Waals surface area (Å²) in [6.07, 6.45) is 4.17. The summed E-state index contributed by atoms with van der Waals surface area (Å²) in [6, 6.07) is 1.77. The molecule has 0 spiro atoms. The Kier molecular flexibility index (Phi) is 7.63. The van der Waals surface area contributed by atoms with Crippen LogP contribution in [0, 0.1) is 0 Å². The van der Waals surface area contributed by atoms with Gasteiger partial charge in [0.25, 0.3) is 0 Å². The molecule has 114 valence electrons. The number of aromatic nitrogens is 2. The normalized spacial score (nSPS) is 19.1. The molecule has 0 fully saturated rings. The van der Waals surface area contributed by atoms with E-state index in [1.807, 2.05) is 0 Å². The smallest absolute Gasteiger partial charge is 0.343 e. The van der Waals surface area contributed by atoms with Crippen molar-refractivity contribution in [2.75, 3.05) is 13.3 Å². The largest absolute Gasteiger partial charge is 0.350 e. The fourth-order valence-electron chi connectivity index (χ4n) is 1.49. The maximum absolute atomic E-state index is 12.6. The van der Waals surface area contributed by atoms with Crippen LogP contribution in [0.4, 0.5) is 0 Å². The lowest BCUT2D eigenvalue weighted by Gasteiger charge is -2.25. The first-order valence-electron chi connectivity index (χ1n) is 5.92. The molecule has 1 aromatic heterocycles. The summed E-state index contributed by atoms with van der Waals surface area (Å²) in [4.78, 5) is 26.6. The first-order valence-corrected chi connectivity index (χ1v) is 10.9. The summed E-state index contributed by atoms with van der Waals surface area (Å²) in [5, 5.41) is 0. The van der Waals surface area contributed by atoms with Gasteiger partial charge < -0.3 is 9.79 Å². The van der Waals surface area contributed by atoms with Gasteiger partial charge >= 0.3 is 7.60 Å². The zero-order valence-electron chi connectivity index (χ0n) is 11.6. The molecule has 2 N–H and O–H groups in total. The first-order chi connectivity index (χ1) is 9.33. The molecule has 0 aliphatic rings. The monoisotopic (exact) mass is 340 g/mol. The minimum Gasteiger partial charge on any atom is -0.350 e. The molecule has 3 unspecified atom stereocenters. The van der Waals surface area contributed by atoms with E-state index in [0.717, 1.165) is 5.69 Å². The number of nitrogens with zero attached hydrogens (tertiary/aromatic N) is 2. The van der Waals surface area contributed by atoms with Crippen molar-refractivity contribution in [1.82, 2.24) is 9.97 Å². The fourth-order valence-corrected chi connectivity index (χ4v) is 6.24. The van der Waals surface area contributed by atoms with Gasteiger partial charge in [-0.1, -0.05) is 6.92 Å². The van der Waals surface area contributed by atoms with Gasteiger partial charge in [-0.3, -0.25) is 13.2 Å². The van der Waals surface area contributed by atoms with E-state index in [9.17, 15) is 14.4 Å². The molecule has 1 rings (SSSR count).